The third-order valence-electron chi connectivity index (χ3n) is 19.8. The summed E-state index contributed by atoms with van der Waals surface area (Å²) < 4.78 is 68.8. The second kappa shape index (κ2) is 76.8. The topological polar surface area (TPSA) is 237 Å². The molecule has 5 atom stereocenters. The van der Waals surface area contributed by atoms with E-state index in [2.05, 4.69) is 34.6 Å². The number of phosphoric acid groups is 2. The Bertz CT molecular complexity index is 1960. The summed E-state index contributed by atoms with van der Waals surface area (Å²) in [7, 11) is -9.92. The molecule has 0 spiro atoms. The summed E-state index contributed by atoms with van der Waals surface area (Å²) in [5, 5.41) is 10.7. The van der Waals surface area contributed by atoms with Crippen LogP contribution in [0.15, 0.2) is 0 Å². The van der Waals surface area contributed by atoms with Gasteiger partial charge < -0.3 is 33.8 Å². The van der Waals surface area contributed by atoms with Gasteiger partial charge in [-0.2, -0.15) is 0 Å². The van der Waals surface area contributed by atoms with Gasteiger partial charge in [0.1, 0.15) is 19.3 Å². The SMILES string of the molecule is CCCCCCCCCCCCCCCCCCCCCCC(=O)O[C@H](COC(=O)CCCCCCCCCCCCCCCCCCC)COP(=O)(O)OC[C@@H](O)COP(=O)(O)OC[C@@H](COC(=O)CCCCCCCCCC(C)C)OC(=O)CCCCCCCCCCCCCCCCCC. The van der Waals surface area contributed by atoms with Crippen molar-refractivity contribution in [3.63, 3.8) is 0 Å². The molecule has 0 saturated heterocycles. The summed E-state index contributed by atoms with van der Waals surface area (Å²) in [5.74, 6) is -1.40. The second-order valence-corrected chi connectivity index (χ2v) is 33.6. The van der Waals surface area contributed by atoms with Gasteiger partial charge in [-0.05, 0) is 31.6 Å². The summed E-state index contributed by atoms with van der Waals surface area (Å²) in [6.07, 6.45) is 69.5. The fourth-order valence-corrected chi connectivity index (χ4v) is 14.7. The van der Waals surface area contributed by atoms with Crippen LogP contribution >= 0.6 is 15.6 Å². The first-order valence-corrected chi connectivity index (χ1v) is 46.6. The number of carbonyl (C=O) groups excluding carboxylic acids is 4. The van der Waals surface area contributed by atoms with Crippen LogP contribution < -0.4 is 0 Å². The largest absolute Gasteiger partial charge is 0.472 e. The molecule has 3 N–H and O–H groups in total. The number of hydrogen-bond acceptors (Lipinski definition) is 15. The van der Waals surface area contributed by atoms with Gasteiger partial charge in [-0.25, -0.2) is 9.13 Å². The van der Waals surface area contributed by atoms with Crippen LogP contribution in [-0.2, 0) is 65.4 Å². The number of aliphatic hydroxyl groups excluding tert-OH is 1. The fraction of sp³-hybridized carbons (Fsp3) is 0.952. The Labute approximate surface area is 632 Å². The van der Waals surface area contributed by atoms with Crippen molar-refractivity contribution in [2.24, 2.45) is 5.92 Å². The predicted octanol–water partition coefficient (Wildman–Crippen LogP) is 25.6. The average molecular weight is 1510 g/mol. The molecule has 0 aliphatic rings. The summed E-state index contributed by atoms with van der Waals surface area (Å²) in [5.41, 5.74) is 0. The zero-order valence-electron chi connectivity index (χ0n) is 67.5. The molecule has 19 heteroatoms. The maximum absolute atomic E-state index is 13.1. The number of phosphoric ester groups is 2. The van der Waals surface area contributed by atoms with E-state index in [1.807, 2.05) is 0 Å². The number of unbranched alkanes of at least 4 members (excludes halogenated alkanes) is 56. The molecule has 0 aromatic heterocycles. The minimum atomic E-state index is -4.96. The molecule has 0 aromatic carbocycles. The van der Waals surface area contributed by atoms with Gasteiger partial charge in [0.05, 0.1) is 26.4 Å². The summed E-state index contributed by atoms with van der Waals surface area (Å²) in [4.78, 5) is 73.1. The third kappa shape index (κ3) is 78.0. The van der Waals surface area contributed by atoms with Crippen LogP contribution in [0.5, 0.6) is 0 Å². The highest BCUT2D eigenvalue weighted by molar-refractivity contribution is 7.47. The van der Waals surface area contributed by atoms with E-state index in [4.69, 9.17) is 37.0 Å². The normalized spacial score (nSPS) is 13.8. The Morgan fingerprint density at radius 1 is 0.262 bits per heavy atom. The van der Waals surface area contributed by atoms with Crippen molar-refractivity contribution < 1.29 is 80.2 Å². The van der Waals surface area contributed by atoms with E-state index in [-0.39, 0.29) is 25.7 Å². The molecule has 2 unspecified atom stereocenters. The highest BCUT2D eigenvalue weighted by Crippen LogP contribution is 2.45. The zero-order valence-corrected chi connectivity index (χ0v) is 69.3. The first-order chi connectivity index (χ1) is 50.0. The summed E-state index contributed by atoms with van der Waals surface area (Å²) in [6, 6.07) is 0. The Kier molecular flexibility index (Phi) is 75.4. The molecule has 0 rings (SSSR count). The molecule has 17 nitrogen and oxygen atoms in total. The lowest BCUT2D eigenvalue weighted by Gasteiger charge is -2.21. The Balaban J connectivity index is 5.23. The van der Waals surface area contributed by atoms with Crippen LogP contribution in [0.2, 0.25) is 0 Å². The molecule has 0 heterocycles. The lowest BCUT2D eigenvalue weighted by atomic mass is 10.0. The Hall–Kier alpha value is -1.94. The van der Waals surface area contributed by atoms with Crippen LogP contribution in [0.25, 0.3) is 0 Å². The summed E-state index contributed by atoms with van der Waals surface area (Å²) >= 11 is 0. The first-order valence-electron chi connectivity index (χ1n) is 43.6. The molecule has 0 bridgehead atoms. The van der Waals surface area contributed by atoms with Gasteiger partial charge in [0, 0.05) is 25.7 Å². The van der Waals surface area contributed by atoms with Crippen LogP contribution in [0.4, 0.5) is 0 Å². The monoisotopic (exact) mass is 1510 g/mol. The molecule has 103 heavy (non-hydrogen) atoms. The van der Waals surface area contributed by atoms with E-state index in [0.29, 0.717) is 31.6 Å². The number of esters is 4. The fourth-order valence-electron chi connectivity index (χ4n) is 13.1. The lowest BCUT2D eigenvalue weighted by molar-refractivity contribution is -0.161. The second-order valence-electron chi connectivity index (χ2n) is 30.7. The standard InChI is InChI=1S/C84H164O17P2/c1-6-9-12-15-18-21-24-27-30-33-34-35-37-40-43-46-49-54-60-65-69-83(88)100-79(73-94-81(86)67-62-57-52-47-44-41-39-36-31-28-25-22-19-16-13-10-7-2)75-98-102(90,91)96-71-78(85)72-97-103(92,93)99-76-80(74-95-82(87)68-63-58-55-50-51-56-61-66-77(4)5)101-84(89)70-64-59-53-48-45-42-38-32-29-26-23-20-17-14-11-8-3/h77-80,85H,6-76H2,1-5H3,(H,90,91)(H,92,93)/t78-,79-,80-/m1/s1. The third-order valence-corrected chi connectivity index (χ3v) is 21.7. The minimum absolute atomic E-state index is 0.108. The lowest BCUT2D eigenvalue weighted by Crippen LogP contribution is -2.30. The zero-order chi connectivity index (χ0) is 75.5. The molecule has 0 aliphatic carbocycles. The van der Waals surface area contributed by atoms with Gasteiger partial charge in [0.25, 0.3) is 0 Å². The average Bonchev–Trinajstić information content (AvgIpc) is 0.959. The molecule has 0 saturated carbocycles. The minimum Gasteiger partial charge on any atom is -0.462 e. The Morgan fingerprint density at radius 3 is 0.660 bits per heavy atom. The number of ether oxygens (including phenoxy) is 4. The first kappa shape index (κ1) is 101. The van der Waals surface area contributed by atoms with Crippen molar-refractivity contribution in [2.75, 3.05) is 39.6 Å². The van der Waals surface area contributed by atoms with Gasteiger partial charge in [0.15, 0.2) is 12.2 Å². The van der Waals surface area contributed by atoms with E-state index in [0.717, 1.165) is 96.3 Å². The number of hydrogen-bond donors (Lipinski definition) is 3. The van der Waals surface area contributed by atoms with Crippen molar-refractivity contribution in [3.8, 4) is 0 Å². The van der Waals surface area contributed by atoms with Crippen molar-refractivity contribution >= 4 is 39.5 Å². The maximum atomic E-state index is 13.1. The molecule has 0 radical (unpaired) electrons. The van der Waals surface area contributed by atoms with Crippen molar-refractivity contribution in [3.05, 3.63) is 0 Å². The predicted molar refractivity (Wildman–Crippen MR) is 423 cm³/mol. The highest BCUT2D eigenvalue weighted by Gasteiger charge is 2.30. The van der Waals surface area contributed by atoms with Gasteiger partial charge >= 0.3 is 39.5 Å². The maximum Gasteiger partial charge on any atom is 0.472 e. The summed E-state index contributed by atoms with van der Waals surface area (Å²) in [6.45, 7) is 7.30. The van der Waals surface area contributed by atoms with Gasteiger partial charge in [0.2, 0.25) is 0 Å². The van der Waals surface area contributed by atoms with Gasteiger partial charge in [-0.3, -0.25) is 37.3 Å². The number of rotatable bonds is 84. The molecule has 0 aliphatic heterocycles. The van der Waals surface area contributed by atoms with Crippen molar-refractivity contribution in [2.45, 2.75) is 470 Å². The van der Waals surface area contributed by atoms with Crippen LogP contribution in [0.1, 0.15) is 452 Å². The van der Waals surface area contributed by atoms with Gasteiger partial charge in [-0.1, -0.05) is 401 Å². The number of carbonyl (C=O) groups is 4. The molecule has 0 aromatic rings. The van der Waals surface area contributed by atoms with E-state index >= 15 is 0 Å². The van der Waals surface area contributed by atoms with E-state index in [1.54, 1.807) is 0 Å². The van der Waals surface area contributed by atoms with E-state index < -0.39 is 97.5 Å². The molecular weight excluding hydrogens is 1340 g/mol. The van der Waals surface area contributed by atoms with Crippen molar-refractivity contribution in [1.82, 2.24) is 0 Å². The van der Waals surface area contributed by atoms with Crippen LogP contribution in [0, 0.1) is 5.92 Å². The van der Waals surface area contributed by atoms with E-state index in [1.165, 1.54) is 270 Å². The van der Waals surface area contributed by atoms with Gasteiger partial charge in [-0.15, -0.1) is 0 Å². The molecular formula is C84H164O17P2. The van der Waals surface area contributed by atoms with Crippen molar-refractivity contribution in [1.29, 1.82) is 0 Å². The van der Waals surface area contributed by atoms with Crippen LogP contribution in [0.3, 0.4) is 0 Å². The quantitative estimate of drug-likeness (QED) is 0.0222. The number of aliphatic hydroxyl groups is 1. The van der Waals surface area contributed by atoms with Crippen LogP contribution in [-0.4, -0.2) is 96.7 Å². The molecule has 612 valence electrons. The molecule has 0 amide bonds. The highest BCUT2D eigenvalue weighted by atomic mass is 31.2. The molecule has 0 fully saturated rings. The van der Waals surface area contributed by atoms with E-state index in [9.17, 15) is 43.2 Å². The Morgan fingerprint density at radius 2 is 0.447 bits per heavy atom. The smallest absolute Gasteiger partial charge is 0.462 e.